The highest BCUT2D eigenvalue weighted by atomic mass is 16.5. The largest absolute Gasteiger partial charge is 0.394 e. The molecule has 2 aromatic rings. The molecule has 434 valence electrons. The van der Waals surface area contributed by atoms with Gasteiger partial charge in [0.25, 0.3) is 0 Å². The monoisotopic (exact) mass is 1090 g/mol. The van der Waals surface area contributed by atoms with E-state index in [2.05, 4.69) is 73.1 Å². The zero-order valence-corrected chi connectivity index (χ0v) is 44.8. The molecule has 9 amide bonds. The van der Waals surface area contributed by atoms with Gasteiger partial charge in [-0.2, -0.15) is 0 Å². The first-order valence-corrected chi connectivity index (χ1v) is 26.8. The molecular formula is C49H85N15O13. The van der Waals surface area contributed by atoms with Crippen LogP contribution in [0, 0.1) is 0 Å². The maximum atomic E-state index is 13.7. The molecule has 0 unspecified atom stereocenters. The average molecular weight is 1090 g/mol. The van der Waals surface area contributed by atoms with Crippen LogP contribution in [0.15, 0.2) is 12.5 Å². The van der Waals surface area contributed by atoms with Crippen molar-refractivity contribution in [2.45, 2.75) is 172 Å². The first kappa shape index (κ1) is 66.5. The third-order valence-electron chi connectivity index (χ3n) is 12.1. The van der Waals surface area contributed by atoms with Gasteiger partial charge in [-0.1, -0.05) is 90.4 Å². The van der Waals surface area contributed by atoms with E-state index in [1.165, 1.54) is 77.4 Å². The van der Waals surface area contributed by atoms with Crippen LogP contribution in [0.1, 0.15) is 140 Å². The number of hydrogen-bond donors (Lipinski definition) is 13. The van der Waals surface area contributed by atoms with Gasteiger partial charge in [-0.25, -0.2) is 10.1 Å². The fourth-order valence-corrected chi connectivity index (χ4v) is 7.72. The number of ether oxygens (including phenoxy) is 2. The van der Waals surface area contributed by atoms with Gasteiger partial charge in [-0.15, -0.1) is 5.10 Å². The number of likely N-dealkylation sites (N-methyl/N-ethyl adjacent to an activating group) is 1. The fraction of sp³-hybridized carbons (Fsp3) is 0.735. The molecule has 2 aromatic heterocycles. The molecule has 2 rings (SSSR count). The molecule has 28 nitrogen and oxygen atoms in total. The van der Waals surface area contributed by atoms with Crippen molar-refractivity contribution in [1.82, 2.24) is 73.1 Å². The summed E-state index contributed by atoms with van der Waals surface area (Å²) in [5.74, 6) is -6.00. The van der Waals surface area contributed by atoms with E-state index < -0.39 is 110 Å². The Kier molecular flexibility index (Phi) is 35.8. The molecule has 0 aliphatic rings. The van der Waals surface area contributed by atoms with Gasteiger partial charge in [-0.05, 0) is 36.1 Å². The second-order valence-electron chi connectivity index (χ2n) is 18.5. The summed E-state index contributed by atoms with van der Waals surface area (Å²) in [5.41, 5.74) is 5.61. The number of nitrogens with zero attached hydrogens (tertiary/aromatic N) is 4. The molecule has 0 aromatic carbocycles. The molecule has 0 fully saturated rings. The highest BCUT2D eigenvalue weighted by molar-refractivity contribution is 5.97. The minimum Gasteiger partial charge on any atom is -0.394 e. The first-order valence-electron chi connectivity index (χ1n) is 26.8. The zero-order chi connectivity index (χ0) is 56.5. The van der Waals surface area contributed by atoms with E-state index in [4.69, 9.17) is 15.2 Å². The number of aromatic nitrogens is 6. The number of aliphatic hydroxyl groups is 2. The van der Waals surface area contributed by atoms with E-state index in [1.807, 2.05) is 6.92 Å². The van der Waals surface area contributed by atoms with Crippen molar-refractivity contribution < 1.29 is 62.8 Å². The number of nitrogens with one attached hydrogen (secondary N) is 10. The number of unbranched alkanes of at least 4 members (excludes halogenated alkanes) is 13. The highest BCUT2D eigenvalue weighted by Gasteiger charge is 2.33. The molecular weight excluding hydrogens is 1010 g/mol. The van der Waals surface area contributed by atoms with E-state index in [0.717, 1.165) is 44.3 Å². The molecule has 0 saturated heterocycles. The Morgan fingerprint density at radius 2 is 1.17 bits per heavy atom. The van der Waals surface area contributed by atoms with Crippen molar-refractivity contribution in [2.75, 3.05) is 59.8 Å². The van der Waals surface area contributed by atoms with E-state index in [1.54, 1.807) is 0 Å². The van der Waals surface area contributed by atoms with E-state index in [0.29, 0.717) is 19.4 Å². The maximum Gasteiger partial charge on any atom is 0.246 e. The van der Waals surface area contributed by atoms with Crippen molar-refractivity contribution >= 4 is 53.2 Å². The number of tetrazole rings is 1. The van der Waals surface area contributed by atoms with E-state index in [-0.39, 0.29) is 50.7 Å². The molecule has 0 bridgehead atoms. The number of carbonyl (C=O) groups excluding carboxylic acids is 9. The van der Waals surface area contributed by atoms with E-state index in [9.17, 15) is 53.4 Å². The number of carbonyl (C=O) groups is 9. The number of aromatic amines is 2. The van der Waals surface area contributed by atoms with Crippen molar-refractivity contribution in [3.05, 3.63) is 24.0 Å². The van der Waals surface area contributed by atoms with Gasteiger partial charge >= 0.3 is 0 Å². The van der Waals surface area contributed by atoms with Gasteiger partial charge in [0.2, 0.25) is 53.2 Å². The Hall–Kier alpha value is -6.65. The van der Waals surface area contributed by atoms with Crippen LogP contribution in [0.3, 0.4) is 0 Å². The predicted octanol–water partition coefficient (Wildman–Crippen LogP) is -1.95. The van der Waals surface area contributed by atoms with Crippen LogP contribution >= 0.6 is 0 Å². The van der Waals surface area contributed by atoms with Gasteiger partial charge in [0.15, 0.2) is 0 Å². The smallest absolute Gasteiger partial charge is 0.246 e. The van der Waals surface area contributed by atoms with Crippen LogP contribution in [0.4, 0.5) is 0 Å². The maximum absolute atomic E-state index is 13.7. The second kappa shape index (κ2) is 41.5. The Labute approximate surface area is 449 Å². The topological polar surface area (TPSA) is 418 Å². The predicted molar refractivity (Wildman–Crippen MR) is 278 cm³/mol. The van der Waals surface area contributed by atoms with Crippen molar-refractivity contribution in [2.24, 2.45) is 5.73 Å². The summed E-state index contributed by atoms with van der Waals surface area (Å²) in [6, 6.07) is -7.21. The molecule has 28 heteroatoms. The number of imidazole rings is 1. The van der Waals surface area contributed by atoms with Crippen molar-refractivity contribution in [1.29, 1.82) is 0 Å². The van der Waals surface area contributed by atoms with Crippen LogP contribution < -0.4 is 48.3 Å². The summed E-state index contributed by atoms with van der Waals surface area (Å²) in [6.07, 6.45) is 19.9. The van der Waals surface area contributed by atoms with Crippen LogP contribution in [-0.2, 0) is 65.5 Å². The lowest BCUT2D eigenvalue weighted by atomic mass is 10.0. The molecule has 14 N–H and O–H groups in total. The molecule has 0 radical (unpaired) electrons. The molecule has 77 heavy (non-hydrogen) atoms. The summed E-state index contributed by atoms with van der Waals surface area (Å²) in [4.78, 5) is 122. The van der Waals surface area contributed by atoms with Gasteiger partial charge in [0.1, 0.15) is 42.6 Å². The Balaban J connectivity index is 1.67. The van der Waals surface area contributed by atoms with Gasteiger partial charge in [0, 0.05) is 45.5 Å². The molecule has 0 aliphatic carbocycles. The summed E-state index contributed by atoms with van der Waals surface area (Å²) < 4.78 is 10.7. The third kappa shape index (κ3) is 31.2. The van der Waals surface area contributed by atoms with Gasteiger partial charge < -0.3 is 72.9 Å². The van der Waals surface area contributed by atoms with Crippen molar-refractivity contribution in [3.63, 3.8) is 0 Å². The number of rotatable bonds is 46. The average Bonchev–Trinajstić information content (AvgIpc) is 4.15. The first-order chi connectivity index (χ1) is 37.2. The van der Waals surface area contributed by atoms with Gasteiger partial charge in [-0.3, -0.25) is 43.2 Å². The minimum atomic E-state index is -1.65. The standard InChI is InChI=1S/C49H85N15O13/c1-3-4-18-35(45(71)51-2)57-49(75)39(31-66)60-47(73)37(27-34-28-52-33-55-34)59-46(72)36(21-22-40(50)67)58-48(74)38(30-65)56-43(69)29-54-44(70)32-77-26-25-76-24-23-53-42(68)20-17-15-13-11-9-7-5-6-8-10-12-14-16-19-41-61-63-64-62-41/h28,33,35-39,65-66H,3-27,29-32H2,1-2H3,(H2,50,67)(H,51,71)(H,52,55)(H,53,68)(H,54,70)(H,56,69)(H,57,75)(H,58,74)(H,59,72)(H,60,73)(H,61,62,63,64)/t35-,36-,37-,38-,39-/m0/s1. The van der Waals surface area contributed by atoms with Crippen LogP contribution in [0.5, 0.6) is 0 Å². The molecule has 5 atom stereocenters. The molecule has 0 saturated carbocycles. The fourth-order valence-electron chi connectivity index (χ4n) is 7.72. The van der Waals surface area contributed by atoms with Crippen LogP contribution in [0.25, 0.3) is 0 Å². The lowest BCUT2D eigenvalue weighted by molar-refractivity contribution is -0.136. The number of nitrogens with two attached hydrogens (primary N) is 1. The second-order valence-corrected chi connectivity index (χ2v) is 18.5. The number of aryl methyl sites for hydroxylation is 1. The van der Waals surface area contributed by atoms with E-state index >= 15 is 0 Å². The quantitative estimate of drug-likeness (QED) is 0.0320. The third-order valence-corrected chi connectivity index (χ3v) is 12.1. The Bertz CT molecular complexity index is 2010. The lowest BCUT2D eigenvalue weighted by Crippen LogP contribution is -2.60. The van der Waals surface area contributed by atoms with Crippen LogP contribution in [0.2, 0.25) is 0 Å². The Morgan fingerprint density at radius 1 is 0.610 bits per heavy atom. The number of H-pyrrole nitrogens is 2. The number of hydrogen-bond acceptors (Lipinski definition) is 17. The van der Waals surface area contributed by atoms with Crippen molar-refractivity contribution in [3.8, 4) is 0 Å². The normalized spacial score (nSPS) is 13.0. The number of amides is 9. The molecule has 2 heterocycles. The number of aliphatic hydroxyl groups excluding tert-OH is 2. The van der Waals surface area contributed by atoms with Gasteiger partial charge in [0.05, 0.1) is 51.6 Å². The Morgan fingerprint density at radius 3 is 1.74 bits per heavy atom. The molecule has 0 aliphatic heterocycles. The summed E-state index contributed by atoms with van der Waals surface area (Å²) >= 11 is 0. The summed E-state index contributed by atoms with van der Waals surface area (Å²) in [6.45, 7) is -0.224. The molecule has 0 spiro atoms. The summed E-state index contributed by atoms with van der Waals surface area (Å²) in [5, 5.41) is 53.4. The summed E-state index contributed by atoms with van der Waals surface area (Å²) in [7, 11) is 1.39. The number of primary amides is 1. The highest BCUT2D eigenvalue weighted by Crippen LogP contribution is 2.14. The SMILES string of the molecule is CCCC[C@H](NC(=O)[C@H](CO)NC(=O)[C@H](Cc1c[nH]cn1)NC(=O)[C@H](CCC(N)=O)NC(=O)[C@H](CO)NC(=O)CNC(=O)COCCOCCNC(=O)CCCCCCCCCCCCCCCc1nnn[nH]1)C(=O)NC. The minimum absolute atomic E-state index is 0.0365. The van der Waals surface area contributed by atoms with Crippen LogP contribution in [-0.4, -0.2) is 184 Å². The zero-order valence-electron chi connectivity index (χ0n) is 44.8. The lowest BCUT2D eigenvalue weighted by Gasteiger charge is -2.26.